The summed E-state index contributed by atoms with van der Waals surface area (Å²) in [5.74, 6) is 1.04. The van der Waals surface area contributed by atoms with Crippen molar-refractivity contribution in [3.05, 3.63) is 60.7 Å². The molecule has 27 heavy (non-hydrogen) atoms. The van der Waals surface area contributed by atoms with Crippen LogP contribution in [0.1, 0.15) is 17.4 Å². The smallest absolute Gasteiger partial charge is 0.288 e. The van der Waals surface area contributed by atoms with Crippen LogP contribution in [0.25, 0.3) is 0 Å². The Bertz CT molecular complexity index is 901. The van der Waals surface area contributed by atoms with Crippen molar-refractivity contribution < 1.29 is 9.53 Å². The van der Waals surface area contributed by atoms with E-state index in [1.807, 2.05) is 31.2 Å². The number of nitrogens with one attached hydrogen (secondary N) is 3. The number of hydrazine groups is 1. The number of nitrogens with two attached hydrogens (primary N) is 1. The van der Waals surface area contributed by atoms with Gasteiger partial charge in [-0.3, -0.25) is 20.6 Å². The number of hydrogen-bond donors (Lipinski definition) is 4. The van der Waals surface area contributed by atoms with Crippen LogP contribution in [0, 0.1) is 0 Å². The molecule has 0 bridgehead atoms. The molecule has 1 aromatic carbocycles. The normalized spacial score (nSPS) is 10.1. The Balaban J connectivity index is 1.67. The van der Waals surface area contributed by atoms with Crippen LogP contribution < -0.4 is 26.6 Å². The Kier molecular flexibility index (Phi) is 5.63. The molecule has 0 atom stereocenters. The second-order valence-electron chi connectivity index (χ2n) is 5.36. The molecule has 0 unspecified atom stereocenters. The monoisotopic (exact) mass is 365 g/mol. The van der Waals surface area contributed by atoms with Crippen LogP contribution in [0.5, 0.6) is 5.75 Å². The zero-order chi connectivity index (χ0) is 19.1. The number of pyridine rings is 1. The highest BCUT2D eigenvalue weighted by Gasteiger charge is 2.11. The summed E-state index contributed by atoms with van der Waals surface area (Å²) in [5.41, 5.74) is 12.6. The molecule has 1 amide bonds. The van der Waals surface area contributed by atoms with Crippen molar-refractivity contribution in [1.29, 1.82) is 0 Å². The lowest BCUT2D eigenvalue weighted by Gasteiger charge is -2.13. The minimum Gasteiger partial charge on any atom is -0.494 e. The summed E-state index contributed by atoms with van der Waals surface area (Å²) in [6.07, 6.45) is 2.87. The largest absolute Gasteiger partial charge is 0.494 e. The maximum absolute atomic E-state index is 12.0. The van der Waals surface area contributed by atoms with E-state index in [9.17, 15) is 4.79 Å². The van der Waals surface area contributed by atoms with Gasteiger partial charge in [0.05, 0.1) is 6.61 Å². The van der Waals surface area contributed by atoms with Gasteiger partial charge in [-0.25, -0.2) is 9.97 Å². The molecule has 3 aromatic rings. The van der Waals surface area contributed by atoms with Crippen molar-refractivity contribution in [2.24, 2.45) is 0 Å². The SMILES string of the molecule is CCOc1ccc(Nc2ncnc(NNC(=O)c3ccccn3)c2N)cc1. The van der Waals surface area contributed by atoms with Gasteiger partial charge in [-0.2, -0.15) is 0 Å². The topological polar surface area (TPSA) is 127 Å². The molecule has 0 radical (unpaired) electrons. The van der Waals surface area contributed by atoms with Crippen LogP contribution in [0.15, 0.2) is 55.0 Å². The third kappa shape index (κ3) is 4.60. The van der Waals surface area contributed by atoms with E-state index in [1.54, 1.807) is 18.2 Å². The first-order valence-electron chi connectivity index (χ1n) is 8.25. The number of anilines is 4. The second-order valence-corrected chi connectivity index (χ2v) is 5.36. The first kappa shape index (κ1) is 17.9. The number of hydrogen-bond acceptors (Lipinski definition) is 8. The van der Waals surface area contributed by atoms with Crippen LogP contribution in [-0.4, -0.2) is 27.5 Å². The Labute approximate surface area is 156 Å². The van der Waals surface area contributed by atoms with Crippen LogP contribution in [0.2, 0.25) is 0 Å². The molecule has 2 aromatic heterocycles. The fraction of sp³-hybridized carbons (Fsp3) is 0.111. The molecule has 5 N–H and O–H groups in total. The third-order valence-corrected chi connectivity index (χ3v) is 3.50. The molecular formula is C18H19N7O2. The number of amides is 1. The van der Waals surface area contributed by atoms with Gasteiger partial charge in [0.15, 0.2) is 11.6 Å². The predicted molar refractivity (Wildman–Crippen MR) is 103 cm³/mol. The van der Waals surface area contributed by atoms with Gasteiger partial charge >= 0.3 is 0 Å². The van der Waals surface area contributed by atoms with E-state index in [4.69, 9.17) is 10.5 Å². The van der Waals surface area contributed by atoms with Gasteiger partial charge in [0.2, 0.25) is 0 Å². The average molecular weight is 365 g/mol. The molecule has 0 spiro atoms. The highest BCUT2D eigenvalue weighted by atomic mass is 16.5. The van der Waals surface area contributed by atoms with E-state index in [0.717, 1.165) is 11.4 Å². The van der Waals surface area contributed by atoms with Gasteiger partial charge in [0, 0.05) is 11.9 Å². The Morgan fingerprint density at radius 3 is 2.56 bits per heavy atom. The highest BCUT2D eigenvalue weighted by molar-refractivity contribution is 5.93. The standard InChI is InChI=1S/C18H19N7O2/c1-2-27-13-8-6-12(7-9-13)23-16-15(19)17(22-11-21-16)24-25-18(26)14-5-3-4-10-20-14/h3-11H,2,19H2,1H3,(H,25,26)(H2,21,22,23,24). The van der Waals surface area contributed by atoms with E-state index in [-0.39, 0.29) is 17.2 Å². The first-order chi connectivity index (χ1) is 13.2. The fourth-order valence-corrected chi connectivity index (χ4v) is 2.21. The molecule has 0 aliphatic heterocycles. The van der Waals surface area contributed by atoms with Crippen LogP contribution in [0.4, 0.5) is 23.0 Å². The molecule has 0 saturated carbocycles. The average Bonchev–Trinajstić information content (AvgIpc) is 2.71. The lowest BCUT2D eigenvalue weighted by Crippen LogP contribution is -2.31. The zero-order valence-electron chi connectivity index (χ0n) is 14.6. The Morgan fingerprint density at radius 1 is 1.07 bits per heavy atom. The molecule has 2 heterocycles. The van der Waals surface area contributed by atoms with E-state index in [0.29, 0.717) is 12.4 Å². The summed E-state index contributed by atoms with van der Waals surface area (Å²) >= 11 is 0. The number of nitrogens with zero attached hydrogens (tertiary/aromatic N) is 3. The van der Waals surface area contributed by atoms with Crippen LogP contribution in [0.3, 0.4) is 0 Å². The molecule has 9 nitrogen and oxygen atoms in total. The number of ether oxygens (including phenoxy) is 1. The van der Waals surface area contributed by atoms with Crippen LogP contribution >= 0.6 is 0 Å². The number of nitrogen functional groups attached to an aromatic ring is 1. The number of aromatic nitrogens is 3. The summed E-state index contributed by atoms with van der Waals surface area (Å²) in [6, 6.07) is 12.4. The van der Waals surface area contributed by atoms with Crippen LogP contribution in [-0.2, 0) is 0 Å². The number of carbonyl (C=O) groups excluding carboxylic acids is 1. The molecule has 0 aliphatic carbocycles. The van der Waals surface area contributed by atoms with Gasteiger partial charge in [0.1, 0.15) is 23.5 Å². The zero-order valence-corrected chi connectivity index (χ0v) is 14.6. The maximum atomic E-state index is 12.0. The Morgan fingerprint density at radius 2 is 1.85 bits per heavy atom. The predicted octanol–water partition coefficient (Wildman–Crippen LogP) is 2.35. The summed E-state index contributed by atoms with van der Waals surface area (Å²) in [4.78, 5) is 24.2. The molecule has 9 heteroatoms. The number of benzene rings is 1. The van der Waals surface area contributed by atoms with Crippen molar-refractivity contribution in [2.45, 2.75) is 6.92 Å². The minimum absolute atomic E-state index is 0.257. The van der Waals surface area contributed by atoms with Crippen molar-refractivity contribution in [2.75, 3.05) is 23.1 Å². The third-order valence-electron chi connectivity index (χ3n) is 3.50. The first-order valence-corrected chi connectivity index (χ1v) is 8.25. The fourth-order valence-electron chi connectivity index (χ4n) is 2.21. The molecular weight excluding hydrogens is 346 g/mol. The quantitative estimate of drug-likeness (QED) is 0.470. The van der Waals surface area contributed by atoms with E-state index < -0.39 is 5.91 Å². The summed E-state index contributed by atoms with van der Waals surface area (Å²) < 4.78 is 5.41. The second kappa shape index (κ2) is 8.48. The van der Waals surface area contributed by atoms with Gasteiger partial charge in [0.25, 0.3) is 5.91 Å². The Hall–Kier alpha value is -3.88. The molecule has 0 aliphatic rings. The summed E-state index contributed by atoms with van der Waals surface area (Å²) in [6.45, 7) is 2.53. The molecule has 0 fully saturated rings. The van der Waals surface area contributed by atoms with Gasteiger partial charge in [-0.1, -0.05) is 6.07 Å². The highest BCUT2D eigenvalue weighted by Crippen LogP contribution is 2.26. The van der Waals surface area contributed by atoms with E-state index >= 15 is 0 Å². The maximum Gasteiger partial charge on any atom is 0.288 e. The minimum atomic E-state index is -0.408. The number of carbonyl (C=O) groups is 1. The van der Waals surface area contributed by atoms with E-state index in [1.165, 1.54) is 12.5 Å². The summed E-state index contributed by atoms with van der Waals surface area (Å²) in [5, 5.41) is 3.10. The van der Waals surface area contributed by atoms with Crippen molar-refractivity contribution in [3.8, 4) is 5.75 Å². The number of rotatable bonds is 7. The van der Waals surface area contributed by atoms with Crippen molar-refractivity contribution in [1.82, 2.24) is 20.4 Å². The summed E-state index contributed by atoms with van der Waals surface area (Å²) in [7, 11) is 0. The van der Waals surface area contributed by atoms with Gasteiger partial charge in [-0.15, -0.1) is 0 Å². The van der Waals surface area contributed by atoms with E-state index in [2.05, 4.69) is 31.1 Å². The molecule has 3 rings (SSSR count). The lowest BCUT2D eigenvalue weighted by atomic mass is 10.3. The molecule has 138 valence electrons. The van der Waals surface area contributed by atoms with Gasteiger partial charge < -0.3 is 15.8 Å². The van der Waals surface area contributed by atoms with Crippen molar-refractivity contribution in [3.63, 3.8) is 0 Å². The van der Waals surface area contributed by atoms with Gasteiger partial charge in [-0.05, 0) is 43.3 Å². The lowest BCUT2D eigenvalue weighted by molar-refractivity contribution is 0.0957. The molecule has 0 saturated heterocycles. The van der Waals surface area contributed by atoms with Crippen molar-refractivity contribution >= 4 is 28.9 Å².